The van der Waals surface area contributed by atoms with Gasteiger partial charge in [0.2, 0.25) is 0 Å². The first kappa shape index (κ1) is 21.0. The Balaban J connectivity index is 1.92. The van der Waals surface area contributed by atoms with E-state index in [0.717, 1.165) is 23.1 Å². The van der Waals surface area contributed by atoms with Crippen LogP contribution in [0.1, 0.15) is 32.8 Å². The van der Waals surface area contributed by atoms with Crippen molar-refractivity contribution in [3.63, 3.8) is 0 Å². The minimum absolute atomic E-state index is 0.270. The number of nitrogens with one attached hydrogen (secondary N) is 1. The first-order valence-electron chi connectivity index (χ1n) is 9.17. The molecule has 6 heteroatoms. The predicted molar refractivity (Wildman–Crippen MR) is 115 cm³/mol. The lowest BCUT2D eigenvalue weighted by atomic mass is 10.2. The summed E-state index contributed by atoms with van der Waals surface area (Å²) in [5, 5.41) is 4.06. The van der Waals surface area contributed by atoms with Gasteiger partial charge in [-0.05, 0) is 56.2 Å². The summed E-state index contributed by atoms with van der Waals surface area (Å²) >= 11 is 3.39. The number of hydrogen-bond donors (Lipinski definition) is 1. The van der Waals surface area contributed by atoms with Gasteiger partial charge in [-0.1, -0.05) is 41.1 Å². The molecule has 0 spiro atoms. The van der Waals surface area contributed by atoms with Gasteiger partial charge in [-0.25, -0.2) is 5.43 Å². The second kappa shape index (κ2) is 10.7. The lowest BCUT2D eigenvalue weighted by molar-refractivity contribution is -0.128. The van der Waals surface area contributed by atoms with Crippen LogP contribution in [-0.4, -0.2) is 31.3 Å². The number of amides is 1. The summed E-state index contributed by atoms with van der Waals surface area (Å²) in [7, 11) is 0. The highest BCUT2D eigenvalue weighted by Gasteiger charge is 2.17. The van der Waals surface area contributed by atoms with Crippen LogP contribution in [0.2, 0.25) is 0 Å². The number of nitrogens with zero attached hydrogens (tertiary/aromatic N) is 2. The van der Waals surface area contributed by atoms with E-state index in [2.05, 4.69) is 57.3 Å². The van der Waals surface area contributed by atoms with E-state index in [1.165, 1.54) is 5.69 Å². The molecule has 0 saturated heterocycles. The average molecular weight is 432 g/mol. The molecule has 0 radical (unpaired) electrons. The summed E-state index contributed by atoms with van der Waals surface area (Å²) in [6.45, 7) is 8.11. The van der Waals surface area contributed by atoms with E-state index in [1.807, 2.05) is 43.3 Å². The van der Waals surface area contributed by atoms with Gasteiger partial charge < -0.3 is 9.64 Å². The third-order valence-electron chi connectivity index (χ3n) is 4.15. The Bertz CT molecular complexity index is 758. The Morgan fingerprint density at radius 1 is 1.19 bits per heavy atom. The topological polar surface area (TPSA) is 53.9 Å². The van der Waals surface area contributed by atoms with Crippen LogP contribution in [0.4, 0.5) is 5.69 Å². The first-order valence-corrected chi connectivity index (χ1v) is 9.96. The van der Waals surface area contributed by atoms with Crippen molar-refractivity contribution in [3.8, 4) is 5.75 Å². The van der Waals surface area contributed by atoms with Crippen LogP contribution in [0.25, 0.3) is 0 Å². The Morgan fingerprint density at radius 2 is 1.89 bits per heavy atom. The third-order valence-corrected chi connectivity index (χ3v) is 4.64. The van der Waals surface area contributed by atoms with Crippen molar-refractivity contribution in [1.29, 1.82) is 0 Å². The van der Waals surface area contributed by atoms with E-state index in [4.69, 9.17) is 4.74 Å². The monoisotopic (exact) mass is 431 g/mol. The fraction of sp³-hybridized carbons (Fsp3) is 0.333. The van der Waals surface area contributed by atoms with E-state index in [1.54, 1.807) is 6.21 Å². The molecule has 1 unspecified atom stereocenters. The molecule has 1 amide bonds. The summed E-state index contributed by atoms with van der Waals surface area (Å²) in [5.74, 6) is 0.371. The molecule has 0 fully saturated rings. The number of ether oxygens (including phenoxy) is 1. The van der Waals surface area contributed by atoms with Gasteiger partial charge in [0.1, 0.15) is 5.75 Å². The largest absolute Gasteiger partial charge is 0.481 e. The van der Waals surface area contributed by atoms with Gasteiger partial charge in [-0.3, -0.25) is 4.79 Å². The summed E-state index contributed by atoms with van der Waals surface area (Å²) in [6.07, 6.45) is 1.59. The lowest BCUT2D eigenvalue weighted by Crippen LogP contribution is -2.35. The van der Waals surface area contributed by atoms with Gasteiger partial charge in [-0.2, -0.15) is 5.10 Å². The van der Waals surface area contributed by atoms with E-state index in [0.29, 0.717) is 12.2 Å². The van der Waals surface area contributed by atoms with Crippen molar-refractivity contribution in [2.24, 2.45) is 5.10 Å². The second-order valence-electron chi connectivity index (χ2n) is 5.97. The molecule has 0 aliphatic heterocycles. The van der Waals surface area contributed by atoms with Crippen molar-refractivity contribution >= 4 is 33.7 Å². The van der Waals surface area contributed by atoms with Crippen molar-refractivity contribution in [2.75, 3.05) is 18.0 Å². The maximum Gasteiger partial charge on any atom is 0.281 e. The highest BCUT2D eigenvalue weighted by atomic mass is 79.9. The van der Waals surface area contributed by atoms with E-state index < -0.39 is 6.10 Å². The molecule has 144 valence electrons. The summed E-state index contributed by atoms with van der Waals surface area (Å²) in [4.78, 5) is 14.6. The third kappa shape index (κ3) is 6.40. The van der Waals surface area contributed by atoms with Crippen molar-refractivity contribution < 1.29 is 9.53 Å². The van der Waals surface area contributed by atoms with Crippen LogP contribution >= 0.6 is 15.9 Å². The number of hydrogen-bond acceptors (Lipinski definition) is 4. The van der Waals surface area contributed by atoms with Crippen LogP contribution in [0.3, 0.4) is 0 Å². The summed E-state index contributed by atoms with van der Waals surface area (Å²) < 4.78 is 6.66. The number of anilines is 1. The quantitative estimate of drug-likeness (QED) is 0.466. The van der Waals surface area contributed by atoms with Crippen LogP contribution in [-0.2, 0) is 4.79 Å². The SMILES string of the molecule is CCC(Oc1cccc(Br)c1)C(=O)N/N=C/c1ccc(N(CC)CC)cc1. The summed E-state index contributed by atoms with van der Waals surface area (Å²) in [6, 6.07) is 15.5. The van der Waals surface area contributed by atoms with Crippen LogP contribution in [0.5, 0.6) is 5.75 Å². The highest BCUT2D eigenvalue weighted by molar-refractivity contribution is 9.10. The zero-order valence-corrected chi connectivity index (χ0v) is 17.6. The molecule has 0 aromatic heterocycles. The fourth-order valence-corrected chi connectivity index (χ4v) is 3.01. The highest BCUT2D eigenvalue weighted by Crippen LogP contribution is 2.19. The predicted octanol–water partition coefficient (Wildman–Crippen LogP) is 4.60. The number of hydrazone groups is 1. The lowest BCUT2D eigenvalue weighted by Gasteiger charge is -2.20. The minimum Gasteiger partial charge on any atom is -0.481 e. The molecule has 2 aromatic carbocycles. The maximum atomic E-state index is 12.3. The Kier molecular flexibility index (Phi) is 8.33. The number of carbonyl (C=O) groups is 1. The molecular weight excluding hydrogens is 406 g/mol. The van der Waals surface area contributed by atoms with Gasteiger partial charge in [-0.15, -0.1) is 0 Å². The van der Waals surface area contributed by atoms with Crippen LogP contribution in [0.15, 0.2) is 58.1 Å². The van der Waals surface area contributed by atoms with E-state index >= 15 is 0 Å². The minimum atomic E-state index is -0.596. The van der Waals surface area contributed by atoms with Gasteiger partial charge in [0.15, 0.2) is 6.10 Å². The molecule has 2 aromatic rings. The zero-order chi connectivity index (χ0) is 19.6. The van der Waals surface area contributed by atoms with E-state index in [9.17, 15) is 4.79 Å². The smallest absolute Gasteiger partial charge is 0.281 e. The standard InChI is InChI=1S/C21H26BrN3O2/c1-4-20(27-19-9-7-8-17(22)14-19)21(26)24-23-15-16-10-12-18(13-11-16)25(5-2)6-3/h7-15,20H,4-6H2,1-3H3,(H,24,26)/b23-15+. The Labute approximate surface area is 169 Å². The molecule has 0 bridgehead atoms. The summed E-state index contributed by atoms with van der Waals surface area (Å²) in [5.41, 5.74) is 4.66. The van der Waals surface area contributed by atoms with E-state index in [-0.39, 0.29) is 5.91 Å². The molecule has 0 heterocycles. The van der Waals surface area contributed by atoms with Gasteiger partial charge in [0.05, 0.1) is 6.21 Å². The van der Waals surface area contributed by atoms with Gasteiger partial charge >= 0.3 is 0 Å². The molecule has 1 atom stereocenters. The molecule has 0 aliphatic carbocycles. The number of halogens is 1. The average Bonchev–Trinajstić information content (AvgIpc) is 2.68. The number of carbonyl (C=O) groups excluding carboxylic acids is 1. The second-order valence-corrected chi connectivity index (χ2v) is 6.89. The first-order chi connectivity index (χ1) is 13.1. The molecule has 0 aliphatic rings. The van der Waals surface area contributed by atoms with Gasteiger partial charge in [0.25, 0.3) is 5.91 Å². The fourth-order valence-electron chi connectivity index (χ4n) is 2.63. The molecule has 27 heavy (non-hydrogen) atoms. The van der Waals surface area contributed by atoms with Gasteiger partial charge in [0, 0.05) is 23.2 Å². The number of rotatable bonds is 9. The van der Waals surface area contributed by atoms with Crippen molar-refractivity contribution in [2.45, 2.75) is 33.3 Å². The maximum absolute atomic E-state index is 12.3. The molecule has 0 saturated carbocycles. The number of benzene rings is 2. The Morgan fingerprint density at radius 3 is 2.48 bits per heavy atom. The molecular formula is C21H26BrN3O2. The normalized spacial score (nSPS) is 12.0. The molecule has 1 N–H and O–H groups in total. The van der Waals surface area contributed by atoms with Crippen LogP contribution in [0, 0.1) is 0 Å². The Hall–Kier alpha value is -2.34. The molecule has 2 rings (SSSR count). The zero-order valence-electron chi connectivity index (χ0n) is 16.0. The van der Waals surface area contributed by atoms with Crippen molar-refractivity contribution in [1.82, 2.24) is 5.43 Å². The van der Waals surface area contributed by atoms with Crippen molar-refractivity contribution in [3.05, 3.63) is 58.6 Å². The molecule has 5 nitrogen and oxygen atoms in total. The van der Waals surface area contributed by atoms with Crippen LogP contribution < -0.4 is 15.1 Å².